The van der Waals surface area contributed by atoms with Crippen LogP contribution in [0.3, 0.4) is 0 Å². The number of aliphatic hydroxyl groups is 8. The van der Waals surface area contributed by atoms with Gasteiger partial charge in [0.15, 0.2) is 17.6 Å². The fourth-order valence-corrected chi connectivity index (χ4v) is 5.10. The number of hydrogen-bond donors (Lipinski definition) is 10. The van der Waals surface area contributed by atoms with E-state index in [2.05, 4.69) is 0 Å². The molecule has 10 N–H and O–H groups in total. The average Bonchev–Trinajstić information content (AvgIpc) is 3.01. The lowest BCUT2D eigenvalue weighted by molar-refractivity contribution is -0.293. The Morgan fingerprint density at radius 1 is 0.705 bits per heavy atom. The third-order valence-electron chi connectivity index (χ3n) is 7.58. The van der Waals surface area contributed by atoms with Crippen LogP contribution in [-0.4, -0.2) is 133 Å². The van der Waals surface area contributed by atoms with E-state index in [1.165, 1.54) is 37.5 Å². The molecule has 16 nitrogen and oxygen atoms in total. The van der Waals surface area contributed by atoms with Crippen LogP contribution < -0.4 is 14.2 Å². The van der Waals surface area contributed by atoms with Gasteiger partial charge in [-0.1, -0.05) is 6.07 Å². The molecule has 1 unspecified atom stereocenters. The Kier molecular flexibility index (Phi) is 9.38. The Morgan fingerprint density at radius 3 is 1.86 bits per heavy atom. The lowest BCUT2D eigenvalue weighted by Gasteiger charge is -2.41. The van der Waals surface area contributed by atoms with Crippen molar-refractivity contribution in [2.24, 2.45) is 0 Å². The number of phenolic OH excluding ortho intramolecular Hbond substituents is 2. The third-order valence-corrected chi connectivity index (χ3v) is 7.58. The van der Waals surface area contributed by atoms with Crippen LogP contribution in [0, 0.1) is 0 Å². The lowest BCUT2D eigenvalue weighted by Crippen LogP contribution is -2.60. The molecule has 16 heteroatoms. The van der Waals surface area contributed by atoms with Gasteiger partial charge >= 0.3 is 0 Å². The molecule has 0 bridgehead atoms. The molecule has 2 saturated heterocycles. The van der Waals surface area contributed by atoms with Gasteiger partial charge in [-0.15, -0.1) is 0 Å². The molecule has 0 amide bonds. The molecule has 2 fully saturated rings. The van der Waals surface area contributed by atoms with E-state index < -0.39 is 80.7 Å². The van der Waals surface area contributed by atoms with Gasteiger partial charge in [0.05, 0.1) is 25.9 Å². The zero-order valence-corrected chi connectivity index (χ0v) is 23.2. The smallest absolute Gasteiger partial charge is 0.229 e. The molecule has 5 rings (SSSR count). The summed E-state index contributed by atoms with van der Waals surface area (Å²) in [7, 11) is 1.33. The number of methoxy groups -OCH3 is 1. The third kappa shape index (κ3) is 5.96. The predicted octanol–water partition coefficient (Wildman–Crippen LogP) is -2.42. The van der Waals surface area contributed by atoms with Crippen LogP contribution >= 0.6 is 0 Å². The predicted molar refractivity (Wildman–Crippen MR) is 143 cm³/mol. The maximum absolute atomic E-state index is 10.6. The van der Waals surface area contributed by atoms with E-state index in [9.17, 15) is 51.1 Å². The van der Waals surface area contributed by atoms with E-state index in [1.807, 2.05) is 0 Å². The number of phenols is 2. The first-order chi connectivity index (χ1) is 21.0. The number of aromatic hydroxyl groups is 2. The average molecular weight is 627 g/mol. The minimum absolute atomic E-state index is 0.0165. The zero-order valence-electron chi connectivity index (χ0n) is 23.2. The number of hydrogen-bond acceptors (Lipinski definition) is 16. The zero-order chi connectivity index (χ0) is 31.9. The van der Waals surface area contributed by atoms with Crippen LogP contribution in [-0.2, 0) is 14.2 Å². The van der Waals surface area contributed by atoms with Gasteiger partial charge in [-0.25, -0.2) is 0 Å². The van der Waals surface area contributed by atoms with Crippen LogP contribution in [0.15, 0.2) is 36.1 Å². The maximum Gasteiger partial charge on any atom is 0.229 e. The number of aliphatic hydroxyl groups excluding tert-OH is 8. The minimum atomic E-state index is -1.78. The van der Waals surface area contributed by atoms with E-state index in [1.54, 1.807) is 0 Å². The molecule has 0 radical (unpaired) electrons. The van der Waals surface area contributed by atoms with Gasteiger partial charge in [-0.05, 0) is 18.2 Å². The molecule has 11 atom stereocenters. The van der Waals surface area contributed by atoms with E-state index in [0.29, 0.717) is 5.56 Å². The summed E-state index contributed by atoms with van der Waals surface area (Å²) in [6, 6.07) is 6.61. The SMILES string of the molecule is COc1cc(C2Oc3cc(O)cc(O[C@@H]4O[C@@H](CO)[C@@H](O)[C@H](O)[C@H]4O)c3C=C2O[C@@H]2O[C@H](CO)[C@@H](O)[C@H](O)[C@H]2O)ccc1O. The van der Waals surface area contributed by atoms with Crippen molar-refractivity contribution in [1.29, 1.82) is 0 Å². The Hall–Kier alpha value is -3.42. The summed E-state index contributed by atoms with van der Waals surface area (Å²) >= 11 is 0. The second kappa shape index (κ2) is 12.9. The summed E-state index contributed by atoms with van der Waals surface area (Å²) in [5.74, 6) is -0.688. The van der Waals surface area contributed by atoms with E-state index in [-0.39, 0.29) is 40.1 Å². The fourth-order valence-electron chi connectivity index (χ4n) is 5.10. The molecule has 242 valence electrons. The van der Waals surface area contributed by atoms with E-state index in [4.69, 9.17) is 28.4 Å². The highest BCUT2D eigenvalue weighted by atomic mass is 16.7. The topological polar surface area (TPSA) is 258 Å². The lowest BCUT2D eigenvalue weighted by atomic mass is 9.98. The van der Waals surface area contributed by atoms with Crippen molar-refractivity contribution >= 4 is 6.08 Å². The quantitative estimate of drug-likeness (QED) is 0.146. The highest BCUT2D eigenvalue weighted by Crippen LogP contribution is 2.46. The molecule has 0 aromatic heterocycles. The largest absolute Gasteiger partial charge is 0.508 e. The van der Waals surface area contributed by atoms with Crippen LogP contribution in [0.25, 0.3) is 6.08 Å². The monoisotopic (exact) mass is 626 g/mol. The van der Waals surface area contributed by atoms with Crippen LogP contribution in [0.4, 0.5) is 0 Å². The van der Waals surface area contributed by atoms with Gasteiger partial charge in [0.25, 0.3) is 0 Å². The molecular formula is C28H34O16. The number of benzene rings is 2. The Balaban J connectivity index is 1.55. The molecule has 0 spiro atoms. The van der Waals surface area contributed by atoms with Crippen molar-refractivity contribution in [3.05, 3.63) is 47.2 Å². The first-order valence-corrected chi connectivity index (χ1v) is 13.5. The van der Waals surface area contributed by atoms with Crippen molar-refractivity contribution in [3.8, 4) is 28.7 Å². The first kappa shape index (κ1) is 32.0. The van der Waals surface area contributed by atoms with E-state index >= 15 is 0 Å². The molecular weight excluding hydrogens is 592 g/mol. The molecule has 0 saturated carbocycles. The van der Waals surface area contributed by atoms with Gasteiger partial charge < -0.3 is 79.5 Å². The second-order valence-electron chi connectivity index (χ2n) is 10.5. The van der Waals surface area contributed by atoms with Crippen LogP contribution in [0.1, 0.15) is 17.2 Å². The Morgan fingerprint density at radius 2 is 1.30 bits per heavy atom. The van der Waals surface area contributed by atoms with Crippen molar-refractivity contribution in [1.82, 2.24) is 0 Å². The molecule has 3 heterocycles. The standard InChI is InChI=1S/C28H34O16/c1-39-16-4-10(2-3-13(16)32)26-17(42-28-25(38)23(36)21(34)19(9-30)44-28)7-12-14(40-26)5-11(31)6-15(12)41-27-24(37)22(35)20(33)18(8-29)43-27/h2-7,18-38H,8-9H2,1H3/t18-,19+,20+,21+,22-,23-,24+,25+,26?,27+,28+/m0/s1. The Bertz CT molecular complexity index is 1350. The molecule has 44 heavy (non-hydrogen) atoms. The van der Waals surface area contributed by atoms with Crippen molar-refractivity contribution in [3.63, 3.8) is 0 Å². The summed E-state index contributed by atoms with van der Waals surface area (Å²) in [6.45, 7) is -1.42. The summed E-state index contributed by atoms with van der Waals surface area (Å²) in [5.41, 5.74) is 0.447. The van der Waals surface area contributed by atoms with Gasteiger partial charge in [0.1, 0.15) is 71.8 Å². The molecule has 3 aliphatic heterocycles. The first-order valence-electron chi connectivity index (χ1n) is 13.5. The van der Waals surface area contributed by atoms with Crippen molar-refractivity contribution < 1.29 is 79.5 Å². The van der Waals surface area contributed by atoms with Crippen LogP contribution in [0.5, 0.6) is 28.7 Å². The van der Waals surface area contributed by atoms with Crippen molar-refractivity contribution in [2.75, 3.05) is 20.3 Å². The van der Waals surface area contributed by atoms with Crippen LogP contribution in [0.2, 0.25) is 0 Å². The molecule has 2 aromatic carbocycles. The van der Waals surface area contributed by atoms with Gasteiger partial charge in [-0.2, -0.15) is 0 Å². The minimum Gasteiger partial charge on any atom is -0.508 e. The molecule has 0 aliphatic carbocycles. The Labute approximate surface area is 249 Å². The van der Waals surface area contributed by atoms with Gasteiger partial charge in [0.2, 0.25) is 12.6 Å². The molecule has 3 aliphatic rings. The van der Waals surface area contributed by atoms with Gasteiger partial charge in [0, 0.05) is 17.7 Å². The van der Waals surface area contributed by atoms with Gasteiger partial charge in [-0.3, -0.25) is 0 Å². The normalized spacial score (nSPS) is 35.2. The molecule has 2 aromatic rings. The summed E-state index contributed by atoms with van der Waals surface area (Å²) in [6.07, 6.45) is -16.0. The van der Waals surface area contributed by atoms with E-state index in [0.717, 1.165) is 6.07 Å². The summed E-state index contributed by atoms with van der Waals surface area (Å²) in [4.78, 5) is 0. The number of ether oxygens (including phenoxy) is 6. The van der Waals surface area contributed by atoms with Crippen molar-refractivity contribution in [2.45, 2.75) is 67.5 Å². The summed E-state index contributed by atoms with van der Waals surface area (Å²) in [5, 5.41) is 102. The summed E-state index contributed by atoms with van der Waals surface area (Å²) < 4.78 is 34.0. The number of rotatable bonds is 8. The highest BCUT2D eigenvalue weighted by molar-refractivity contribution is 5.70. The highest BCUT2D eigenvalue weighted by Gasteiger charge is 2.47. The second-order valence-corrected chi connectivity index (χ2v) is 10.5. The fraction of sp³-hybridized carbons (Fsp3) is 0.500. The number of fused-ring (bicyclic) bond motifs is 1. The maximum atomic E-state index is 10.6.